The van der Waals surface area contributed by atoms with Gasteiger partial charge in [0, 0.05) is 24.2 Å². The first-order valence-electron chi connectivity index (χ1n) is 12.3. The minimum atomic E-state index is -4.65. The van der Waals surface area contributed by atoms with Gasteiger partial charge in [0.1, 0.15) is 24.4 Å². The average molecular weight is 553 g/mol. The minimum Gasteiger partial charge on any atom is -0.364 e. The predicted octanol–water partition coefficient (Wildman–Crippen LogP) is 5.22. The van der Waals surface area contributed by atoms with Gasteiger partial charge < -0.3 is 10.1 Å². The lowest BCUT2D eigenvalue weighted by molar-refractivity contribution is -0.137. The molecule has 1 aliphatic heterocycles. The third kappa shape index (κ3) is 4.95. The van der Waals surface area contributed by atoms with E-state index in [1.807, 2.05) is 30.3 Å². The maximum atomic E-state index is 14.1. The standard InChI is InChI=1S/C29H24F4N4O3/c1-17-23-24(18-11-13-21(30)14-12-18)25(34-26(38)19-7-6-8-20(15-19)29(31,32)33)28(39)36(16-40-2)27(23)37(35-17)22-9-4-3-5-10-22/h3-15,24-25H,16H2,1-2H3,(H,34,38)/t24-,25-/m0/s1. The van der Waals surface area contributed by atoms with Crippen molar-refractivity contribution in [3.8, 4) is 5.69 Å². The lowest BCUT2D eigenvalue weighted by Crippen LogP contribution is -2.56. The largest absolute Gasteiger partial charge is 0.416 e. The second kappa shape index (κ2) is 10.6. The van der Waals surface area contributed by atoms with E-state index in [9.17, 15) is 27.2 Å². The number of methoxy groups -OCH3 is 1. The number of nitrogens with one attached hydrogen (secondary N) is 1. The number of hydrogen-bond donors (Lipinski definition) is 1. The summed E-state index contributed by atoms with van der Waals surface area (Å²) < 4.78 is 60.7. The zero-order valence-electron chi connectivity index (χ0n) is 21.4. The minimum absolute atomic E-state index is 0.185. The molecule has 0 radical (unpaired) electrons. The molecule has 0 spiro atoms. The number of nitrogens with zero attached hydrogens (tertiary/aromatic N) is 3. The summed E-state index contributed by atoms with van der Waals surface area (Å²) in [6.45, 7) is 1.57. The van der Waals surface area contributed by atoms with Crippen molar-refractivity contribution in [3.05, 3.63) is 113 Å². The van der Waals surface area contributed by atoms with Crippen LogP contribution < -0.4 is 10.2 Å². The van der Waals surface area contributed by atoms with Gasteiger partial charge in [0.25, 0.3) is 11.8 Å². The van der Waals surface area contributed by atoms with Gasteiger partial charge in [-0.3, -0.25) is 14.5 Å². The molecular weight excluding hydrogens is 528 g/mol. The number of aryl methyl sites for hydroxylation is 1. The highest BCUT2D eigenvalue weighted by atomic mass is 19.4. The fourth-order valence-electron chi connectivity index (χ4n) is 4.97. The Balaban J connectivity index is 1.66. The van der Waals surface area contributed by atoms with Crippen molar-refractivity contribution in [1.82, 2.24) is 15.1 Å². The Labute approximate surface area is 227 Å². The topological polar surface area (TPSA) is 76.5 Å². The fraction of sp³-hybridized carbons (Fsp3) is 0.207. The van der Waals surface area contributed by atoms with Gasteiger partial charge in [-0.2, -0.15) is 18.3 Å². The van der Waals surface area contributed by atoms with E-state index in [0.29, 0.717) is 28.3 Å². The summed E-state index contributed by atoms with van der Waals surface area (Å²) in [5.41, 5.74) is 1.06. The molecule has 2 heterocycles. The van der Waals surface area contributed by atoms with Crippen LogP contribution in [0.5, 0.6) is 0 Å². The van der Waals surface area contributed by atoms with Crippen LogP contribution in [0.25, 0.3) is 5.69 Å². The summed E-state index contributed by atoms with van der Waals surface area (Å²) in [4.78, 5) is 28.7. The van der Waals surface area contributed by atoms with Crippen molar-refractivity contribution < 1.29 is 31.9 Å². The summed E-state index contributed by atoms with van der Waals surface area (Å²) in [6.07, 6.45) is -4.65. The van der Waals surface area contributed by atoms with Gasteiger partial charge in [0.15, 0.2) is 0 Å². The number of halogens is 4. The number of ether oxygens (including phenoxy) is 1. The summed E-state index contributed by atoms with van der Waals surface area (Å²) >= 11 is 0. The van der Waals surface area contributed by atoms with Gasteiger partial charge in [-0.15, -0.1) is 0 Å². The maximum absolute atomic E-state index is 14.1. The molecule has 1 N–H and O–H groups in total. The summed E-state index contributed by atoms with van der Waals surface area (Å²) in [5.74, 6) is -2.35. The first-order chi connectivity index (χ1) is 19.1. The molecule has 1 aromatic heterocycles. The number of rotatable bonds is 6. The van der Waals surface area contributed by atoms with Crippen molar-refractivity contribution in [2.24, 2.45) is 0 Å². The molecule has 2 amide bonds. The van der Waals surface area contributed by atoms with Crippen LogP contribution in [-0.4, -0.2) is 41.5 Å². The molecule has 11 heteroatoms. The summed E-state index contributed by atoms with van der Waals surface area (Å²) in [7, 11) is 1.41. The highest BCUT2D eigenvalue weighted by Gasteiger charge is 2.46. The molecule has 7 nitrogen and oxygen atoms in total. The molecule has 0 aliphatic carbocycles. The Bertz CT molecular complexity index is 1550. The number of aromatic nitrogens is 2. The molecule has 40 heavy (non-hydrogen) atoms. The van der Waals surface area contributed by atoms with Crippen LogP contribution in [0.15, 0.2) is 78.9 Å². The first-order valence-corrected chi connectivity index (χ1v) is 12.3. The number of anilines is 1. The number of fused-ring (bicyclic) bond motifs is 1. The smallest absolute Gasteiger partial charge is 0.364 e. The van der Waals surface area contributed by atoms with Gasteiger partial charge in [-0.05, 0) is 55.0 Å². The molecule has 4 aromatic rings. The maximum Gasteiger partial charge on any atom is 0.416 e. The number of para-hydroxylation sites is 1. The van der Waals surface area contributed by atoms with Crippen LogP contribution in [-0.2, 0) is 15.7 Å². The van der Waals surface area contributed by atoms with Gasteiger partial charge in [-0.25, -0.2) is 9.07 Å². The van der Waals surface area contributed by atoms with E-state index in [-0.39, 0.29) is 12.3 Å². The number of carbonyl (C=O) groups is 2. The highest BCUT2D eigenvalue weighted by Crippen LogP contribution is 2.43. The lowest BCUT2D eigenvalue weighted by atomic mass is 9.81. The van der Waals surface area contributed by atoms with Crippen LogP contribution in [0.1, 0.15) is 38.7 Å². The number of hydrogen-bond acceptors (Lipinski definition) is 4. The predicted molar refractivity (Wildman–Crippen MR) is 139 cm³/mol. The number of benzene rings is 3. The number of amides is 2. The Hall–Kier alpha value is -4.51. The van der Waals surface area contributed by atoms with Crippen LogP contribution in [0.4, 0.5) is 23.4 Å². The highest BCUT2D eigenvalue weighted by molar-refractivity contribution is 6.05. The Morgan fingerprint density at radius 2 is 1.73 bits per heavy atom. The molecule has 5 rings (SSSR count). The summed E-state index contributed by atoms with van der Waals surface area (Å²) in [5, 5.41) is 7.34. The molecule has 0 fully saturated rings. The van der Waals surface area contributed by atoms with E-state index < -0.39 is 41.3 Å². The molecule has 2 atom stereocenters. The molecule has 0 unspecified atom stereocenters. The molecule has 0 saturated heterocycles. The zero-order valence-corrected chi connectivity index (χ0v) is 21.4. The first kappa shape index (κ1) is 27.1. The fourth-order valence-corrected chi connectivity index (χ4v) is 4.97. The Kier molecular flexibility index (Phi) is 7.16. The number of alkyl halides is 3. The van der Waals surface area contributed by atoms with Crippen LogP contribution in [0.2, 0.25) is 0 Å². The van der Waals surface area contributed by atoms with E-state index >= 15 is 0 Å². The van der Waals surface area contributed by atoms with Gasteiger partial charge in [0.05, 0.1) is 16.9 Å². The molecule has 0 saturated carbocycles. The quantitative estimate of drug-likeness (QED) is 0.333. The van der Waals surface area contributed by atoms with Gasteiger partial charge in [-0.1, -0.05) is 36.4 Å². The molecule has 0 bridgehead atoms. The van der Waals surface area contributed by atoms with Crippen molar-refractivity contribution >= 4 is 17.6 Å². The van der Waals surface area contributed by atoms with Crippen molar-refractivity contribution in [3.63, 3.8) is 0 Å². The number of carbonyl (C=O) groups excluding carboxylic acids is 2. The molecule has 3 aromatic carbocycles. The monoisotopic (exact) mass is 552 g/mol. The normalized spacial score (nSPS) is 17.1. The Morgan fingerprint density at radius 3 is 2.38 bits per heavy atom. The molecule has 1 aliphatic rings. The second-order valence-corrected chi connectivity index (χ2v) is 9.31. The van der Waals surface area contributed by atoms with E-state index in [0.717, 1.165) is 18.2 Å². The van der Waals surface area contributed by atoms with Crippen molar-refractivity contribution in [1.29, 1.82) is 0 Å². The summed E-state index contributed by atoms with van der Waals surface area (Å²) in [6, 6.07) is 17.3. The average Bonchev–Trinajstić information content (AvgIpc) is 3.28. The van der Waals surface area contributed by atoms with Crippen LogP contribution in [0, 0.1) is 12.7 Å². The van der Waals surface area contributed by atoms with E-state index in [1.165, 1.54) is 42.3 Å². The van der Waals surface area contributed by atoms with E-state index in [2.05, 4.69) is 10.4 Å². The van der Waals surface area contributed by atoms with E-state index in [1.54, 1.807) is 11.6 Å². The second-order valence-electron chi connectivity index (χ2n) is 9.31. The SMILES string of the molecule is COCN1C(=O)[C@@H](NC(=O)c2cccc(C(F)(F)F)c2)[C@@H](c2ccc(F)cc2)c2c(C)nn(-c3ccccc3)c21. The third-order valence-electron chi connectivity index (χ3n) is 6.74. The van der Waals surface area contributed by atoms with Crippen LogP contribution >= 0.6 is 0 Å². The van der Waals surface area contributed by atoms with E-state index in [4.69, 9.17) is 4.74 Å². The van der Waals surface area contributed by atoms with Crippen molar-refractivity contribution in [2.45, 2.75) is 25.1 Å². The molecule has 206 valence electrons. The van der Waals surface area contributed by atoms with Gasteiger partial charge in [0.2, 0.25) is 0 Å². The van der Waals surface area contributed by atoms with Gasteiger partial charge >= 0.3 is 6.18 Å². The third-order valence-corrected chi connectivity index (χ3v) is 6.74. The lowest BCUT2D eigenvalue weighted by Gasteiger charge is -2.38. The van der Waals surface area contributed by atoms with Crippen LogP contribution in [0.3, 0.4) is 0 Å². The zero-order chi connectivity index (χ0) is 28.6. The Morgan fingerprint density at radius 1 is 1.02 bits per heavy atom. The van der Waals surface area contributed by atoms with Crippen molar-refractivity contribution in [2.75, 3.05) is 18.7 Å². The molecular formula is C29H24F4N4O3.